The quantitative estimate of drug-likeness (QED) is 0.877. The summed E-state index contributed by atoms with van der Waals surface area (Å²) in [7, 11) is 0. The largest absolute Gasteiger partial charge is 0.436 e. The lowest BCUT2D eigenvalue weighted by molar-refractivity contribution is 0.420. The molecule has 3 nitrogen and oxygen atoms in total. The summed E-state index contributed by atoms with van der Waals surface area (Å²) >= 11 is 0. The van der Waals surface area contributed by atoms with E-state index in [2.05, 4.69) is 24.1 Å². The van der Waals surface area contributed by atoms with Gasteiger partial charge in [0.05, 0.1) is 5.69 Å². The number of aromatic nitrogens is 1. The van der Waals surface area contributed by atoms with Crippen molar-refractivity contribution in [3.05, 3.63) is 53.7 Å². The van der Waals surface area contributed by atoms with Crippen molar-refractivity contribution in [1.82, 2.24) is 10.3 Å². The van der Waals surface area contributed by atoms with Gasteiger partial charge in [0.15, 0.2) is 11.6 Å². The average Bonchev–Trinajstić information content (AvgIpc) is 2.43. The Balaban J connectivity index is 2.05. The molecular weight excluding hydrogens is 274 g/mol. The Morgan fingerprint density at radius 2 is 2.00 bits per heavy atom. The minimum Gasteiger partial charge on any atom is -0.436 e. The van der Waals surface area contributed by atoms with Crippen LogP contribution in [-0.2, 0) is 6.54 Å². The van der Waals surface area contributed by atoms with E-state index < -0.39 is 11.6 Å². The molecule has 2 aromatic rings. The normalized spacial score (nSPS) is 10.9. The molecule has 1 N–H and O–H groups in total. The molecule has 1 aromatic carbocycles. The Labute approximate surface area is 123 Å². The van der Waals surface area contributed by atoms with Crippen LogP contribution in [0.25, 0.3) is 0 Å². The SMILES string of the molecule is CC(C)CNCc1cccc(Oc2cc(F)ccc2F)n1. The maximum Gasteiger partial charge on any atom is 0.219 e. The lowest BCUT2D eigenvalue weighted by atomic mass is 10.2. The summed E-state index contributed by atoms with van der Waals surface area (Å²) in [5, 5.41) is 3.26. The van der Waals surface area contributed by atoms with Crippen LogP contribution in [0.1, 0.15) is 19.5 Å². The molecule has 21 heavy (non-hydrogen) atoms. The first kappa shape index (κ1) is 15.4. The van der Waals surface area contributed by atoms with Crippen molar-refractivity contribution in [2.75, 3.05) is 6.54 Å². The highest BCUT2D eigenvalue weighted by Crippen LogP contribution is 2.23. The number of nitrogens with zero attached hydrogens (tertiary/aromatic N) is 1. The van der Waals surface area contributed by atoms with Crippen LogP contribution in [0.15, 0.2) is 36.4 Å². The molecule has 0 aliphatic heterocycles. The fourth-order valence-corrected chi connectivity index (χ4v) is 1.77. The van der Waals surface area contributed by atoms with Gasteiger partial charge in [0.2, 0.25) is 5.88 Å². The third kappa shape index (κ3) is 4.79. The zero-order valence-corrected chi connectivity index (χ0v) is 12.1. The number of hydrogen-bond acceptors (Lipinski definition) is 3. The van der Waals surface area contributed by atoms with Crippen LogP contribution >= 0.6 is 0 Å². The highest BCUT2D eigenvalue weighted by molar-refractivity contribution is 5.29. The molecule has 5 heteroatoms. The molecular formula is C16H18F2N2O. The van der Waals surface area contributed by atoms with Crippen LogP contribution in [0.5, 0.6) is 11.6 Å². The summed E-state index contributed by atoms with van der Waals surface area (Å²) in [5.74, 6) is -0.563. The van der Waals surface area contributed by atoms with Crippen LogP contribution in [0.2, 0.25) is 0 Å². The van der Waals surface area contributed by atoms with Gasteiger partial charge >= 0.3 is 0 Å². The first-order valence-electron chi connectivity index (χ1n) is 6.84. The van der Waals surface area contributed by atoms with E-state index in [4.69, 9.17) is 4.74 Å². The summed E-state index contributed by atoms with van der Waals surface area (Å²) in [6.07, 6.45) is 0. The van der Waals surface area contributed by atoms with E-state index in [1.807, 2.05) is 6.07 Å². The van der Waals surface area contributed by atoms with E-state index in [9.17, 15) is 8.78 Å². The summed E-state index contributed by atoms with van der Waals surface area (Å²) in [5.41, 5.74) is 0.782. The smallest absolute Gasteiger partial charge is 0.219 e. The standard InChI is InChI=1S/C16H18F2N2O/c1-11(2)9-19-10-13-4-3-5-16(20-13)21-15-8-12(17)6-7-14(15)18/h3-8,11,19H,9-10H2,1-2H3. The Hall–Kier alpha value is -2.01. The van der Waals surface area contributed by atoms with Gasteiger partial charge in [-0.15, -0.1) is 0 Å². The third-order valence-electron chi connectivity index (χ3n) is 2.75. The second-order valence-electron chi connectivity index (χ2n) is 5.17. The van der Waals surface area contributed by atoms with Crippen molar-refractivity contribution in [3.8, 4) is 11.6 Å². The molecule has 0 saturated heterocycles. The highest BCUT2D eigenvalue weighted by Gasteiger charge is 2.07. The van der Waals surface area contributed by atoms with Crippen LogP contribution < -0.4 is 10.1 Å². The Bertz CT molecular complexity index is 603. The Morgan fingerprint density at radius 1 is 1.19 bits per heavy atom. The van der Waals surface area contributed by atoms with Crippen LogP contribution in [0.3, 0.4) is 0 Å². The minimum absolute atomic E-state index is 0.171. The molecule has 1 heterocycles. The molecule has 1 aromatic heterocycles. The van der Waals surface area contributed by atoms with E-state index in [1.54, 1.807) is 12.1 Å². The monoisotopic (exact) mass is 292 g/mol. The molecule has 0 atom stereocenters. The number of halogens is 2. The molecule has 0 aliphatic carbocycles. The Morgan fingerprint density at radius 3 is 2.76 bits per heavy atom. The molecule has 0 amide bonds. The average molecular weight is 292 g/mol. The number of rotatable bonds is 6. The second kappa shape index (κ2) is 7.13. The number of hydrogen-bond donors (Lipinski definition) is 1. The first-order valence-corrected chi connectivity index (χ1v) is 6.84. The lowest BCUT2D eigenvalue weighted by Gasteiger charge is -2.09. The van der Waals surface area contributed by atoms with Crippen molar-refractivity contribution in [2.45, 2.75) is 20.4 Å². The van der Waals surface area contributed by atoms with Gasteiger partial charge in [-0.3, -0.25) is 0 Å². The minimum atomic E-state index is -0.624. The van der Waals surface area contributed by atoms with Gasteiger partial charge in [-0.2, -0.15) is 0 Å². The number of benzene rings is 1. The van der Waals surface area contributed by atoms with Gasteiger partial charge in [0, 0.05) is 18.7 Å². The molecule has 0 radical (unpaired) electrons. The van der Waals surface area contributed by atoms with Gasteiger partial charge < -0.3 is 10.1 Å². The number of pyridine rings is 1. The Kier molecular flexibility index (Phi) is 5.22. The lowest BCUT2D eigenvalue weighted by Crippen LogP contribution is -2.19. The topological polar surface area (TPSA) is 34.1 Å². The van der Waals surface area contributed by atoms with E-state index in [-0.39, 0.29) is 11.6 Å². The summed E-state index contributed by atoms with van der Waals surface area (Å²) < 4.78 is 31.9. The zero-order chi connectivity index (χ0) is 15.2. The maximum atomic E-state index is 13.5. The number of nitrogens with one attached hydrogen (secondary N) is 1. The molecule has 0 spiro atoms. The van der Waals surface area contributed by atoms with Gasteiger partial charge in [0.25, 0.3) is 0 Å². The van der Waals surface area contributed by atoms with Crippen molar-refractivity contribution in [2.24, 2.45) is 5.92 Å². The first-order chi connectivity index (χ1) is 10.0. The van der Waals surface area contributed by atoms with E-state index in [1.165, 1.54) is 0 Å². The molecule has 0 unspecified atom stereocenters. The number of ether oxygens (including phenoxy) is 1. The zero-order valence-electron chi connectivity index (χ0n) is 12.1. The predicted octanol–water partition coefficient (Wildman–Crippen LogP) is 3.90. The fraction of sp³-hybridized carbons (Fsp3) is 0.312. The van der Waals surface area contributed by atoms with Gasteiger partial charge in [-0.1, -0.05) is 19.9 Å². The summed E-state index contributed by atoms with van der Waals surface area (Å²) in [4.78, 5) is 4.26. The molecule has 0 aliphatic rings. The molecule has 0 fully saturated rings. The summed E-state index contributed by atoms with van der Waals surface area (Å²) in [6, 6.07) is 8.30. The van der Waals surface area contributed by atoms with Gasteiger partial charge in [-0.25, -0.2) is 13.8 Å². The predicted molar refractivity (Wildman–Crippen MR) is 77.2 cm³/mol. The van der Waals surface area contributed by atoms with Gasteiger partial charge in [-0.05, 0) is 30.7 Å². The van der Waals surface area contributed by atoms with Crippen molar-refractivity contribution >= 4 is 0 Å². The van der Waals surface area contributed by atoms with Crippen molar-refractivity contribution in [3.63, 3.8) is 0 Å². The molecule has 112 valence electrons. The van der Waals surface area contributed by atoms with E-state index in [0.717, 1.165) is 30.4 Å². The van der Waals surface area contributed by atoms with Crippen molar-refractivity contribution < 1.29 is 13.5 Å². The maximum absolute atomic E-state index is 13.5. The highest BCUT2D eigenvalue weighted by atomic mass is 19.1. The van der Waals surface area contributed by atoms with Gasteiger partial charge in [0.1, 0.15) is 5.82 Å². The molecule has 2 rings (SSSR count). The van der Waals surface area contributed by atoms with E-state index in [0.29, 0.717) is 12.5 Å². The molecule has 0 bridgehead atoms. The van der Waals surface area contributed by atoms with E-state index >= 15 is 0 Å². The summed E-state index contributed by atoms with van der Waals surface area (Å²) in [6.45, 7) is 5.71. The second-order valence-corrected chi connectivity index (χ2v) is 5.17. The fourth-order valence-electron chi connectivity index (χ4n) is 1.77. The third-order valence-corrected chi connectivity index (χ3v) is 2.75. The van der Waals surface area contributed by atoms with Crippen LogP contribution in [0, 0.1) is 17.6 Å². The van der Waals surface area contributed by atoms with Crippen LogP contribution in [0.4, 0.5) is 8.78 Å². The van der Waals surface area contributed by atoms with Crippen molar-refractivity contribution in [1.29, 1.82) is 0 Å². The van der Waals surface area contributed by atoms with Crippen LogP contribution in [-0.4, -0.2) is 11.5 Å². The molecule has 0 saturated carbocycles.